The average Bonchev–Trinajstić information content (AvgIpc) is 2.42. The standard InChI is InChI=1S/C11H18O9/c1-7(19-9(12)15-3)5-17-11(14)18-6-8(2)20-10(13)16-4/h7-8H,5-6H2,1-4H3. The molecule has 0 aromatic heterocycles. The third kappa shape index (κ3) is 8.84. The van der Waals surface area contributed by atoms with Crippen molar-refractivity contribution in [3.8, 4) is 0 Å². The van der Waals surface area contributed by atoms with Crippen LogP contribution in [0, 0.1) is 0 Å². The molecule has 0 saturated heterocycles. The minimum atomic E-state index is -0.981. The van der Waals surface area contributed by atoms with Gasteiger partial charge in [0, 0.05) is 0 Å². The van der Waals surface area contributed by atoms with Crippen LogP contribution in [0.4, 0.5) is 14.4 Å². The average molecular weight is 294 g/mol. The fourth-order valence-corrected chi connectivity index (χ4v) is 0.905. The molecule has 9 heteroatoms. The lowest BCUT2D eigenvalue weighted by Crippen LogP contribution is -2.25. The van der Waals surface area contributed by atoms with Gasteiger partial charge in [0.15, 0.2) is 0 Å². The second-order valence-electron chi connectivity index (χ2n) is 3.64. The van der Waals surface area contributed by atoms with Crippen molar-refractivity contribution in [3.63, 3.8) is 0 Å². The topological polar surface area (TPSA) is 107 Å². The van der Waals surface area contributed by atoms with E-state index in [1.165, 1.54) is 13.8 Å². The first-order chi connectivity index (χ1) is 9.38. The highest BCUT2D eigenvalue weighted by Gasteiger charge is 2.15. The molecule has 0 saturated carbocycles. The van der Waals surface area contributed by atoms with Crippen molar-refractivity contribution in [3.05, 3.63) is 0 Å². The van der Waals surface area contributed by atoms with E-state index in [4.69, 9.17) is 0 Å². The maximum Gasteiger partial charge on any atom is 0.508 e. The largest absolute Gasteiger partial charge is 0.508 e. The maximum absolute atomic E-state index is 11.2. The molecule has 0 rings (SSSR count). The lowest BCUT2D eigenvalue weighted by Gasteiger charge is -2.14. The van der Waals surface area contributed by atoms with Gasteiger partial charge in [-0.15, -0.1) is 0 Å². The third-order valence-electron chi connectivity index (χ3n) is 1.80. The first kappa shape index (κ1) is 17.8. The fourth-order valence-electron chi connectivity index (χ4n) is 0.905. The minimum Gasteiger partial charge on any atom is -0.438 e. The fraction of sp³-hybridized carbons (Fsp3) is 0.727. The predicted molar refractivity (Wildman–Crippen MR) is 63.2 cm³/mol. The molecule has 0 aliphatic heterocycles. The van der Waals surface area contributed by atoms with Crippen LogP contribution in [0.1, 0.15) is 13.8 Å². The van der Waals surface area contributed by atoms with Crippen LogP contribution >= 0.6 is 0 Å². The van der Waals surface area contributed by atoms with E-state index in [0.29, 0.717) is 0 Å². The Kier molecular flexibility index (Phi) is 8.64. The zero-order valence-corrected chi connectivity index (χ0v) is 11.7. The molecule has 0 aliphatic carbocycles. The zero-order valence-electron chi connectivity index (χ0n) is 11.7. The van der Waals surface area contributed by atoms with Gasteiger partial charge in [-0.3, -0.25) is 0 Å². The summed E-state index contributed by atoms with van der Waals surface area (Å²) in [5, 5.41) is 0. The first-order valence-electron chi connectivity index (χ1n) is 5.67. The first-order valence-corrected chi connectivity index (χ1v) is 5.67. The smallest absolute Gasteiger partial charge is 0.438 e. The Morgan fingerprint density at radius 2 is 1.10 bits per heavy atom. The number of carbonyl (C=O) groups excluding carboxylic acids is 3. The van der Waals surface area contributed by atoms with Gasteiger partial charge in [0.1, 0.15) is 25.4 Å². The van der Waals surface area contributed by atoms with Gasteiger partial charge in [-0.1, -0.05) is 0 Å². The highest BCUT2D eigenvalue weighted by Crippen LogP contribution is 1.99. The van der Waals surface area contributed by atoms with E-state index in [9.17, 15) is 14.4 Å². The SMILES string of the molecule is COC(=O)OC(C)COC(=O)OCC(C)OC(=O)OC. The summed E-state index contributed by atoms with van der Waals surface area (Å²) in [6, 6.07) is 0. The minimum absolute atomic E-state index is 0.194. The Balaban J connectivity index is 3.78. The summed E-state index contributed by atoms with van der Waals surface area (Å²) in [7, 11) is 2.32. The van der Waals surface area contributed by atoms with E-state index < -0.39 is 30.7 Å². The molecule has 0 spiro atoms. The summed E-state index contributed by atoms with van der Waals surface area (Å²) in [6.45, 7) is 2.63. The summed E-state index contributed by atoms with van der Waals surface area (Å²) in [5.41, 5.74) is 0. The van der Waals surface area contributed by atoms with E-state index in [-0.39, 0.29) is 13.2 Å². The van der Waals surface area contributed by atoms with E-state index in [1.807, 2.05) is 0 Å². The predicted octanol–water partition coefficient (Wildman–Crippen LogP) is 1.48. The van der Waals surface area contributed by atoms with Crippen LogP contribution in [0.2, 0.25) is 0 Å². The molecule has 116 valence electrons. The number of carbonyl (C=O) groups is 3. The summed E-state index contributed by atoms with van der Waals surface area (Å²) >= 11 is 0. The number of ether oxygens (including phenoxy) is 6. The van der Waals surface area contributed by atoms with E-state index in [1.54, 1.807) is 0 Å². The van der Waals surface area contributed by atoms with Crippen molar-refractivity contribution >= 4 is 18.5 Å². The molecule has 2 atom stereocenters. The number of methoxy groups -OCH3 is 2. The van der Waals surface area contributed by atoms with Crippen LogP contribution in [0.5, 0.6) is 0 Å². The Bertz CT molecular complexity index is 298. The van der Waals surface area contributed by atoms with Crippen LogP contribution < -0.4 is 0 Å². The van der Waals surface area contributed by atoms with Gasteiger partial charge in [-0.25, -0.2) is 14.4 Å². The Labute approximate surface area is 116 Å². The van der Waals surface area contributed by atoms with Crippen LogP contribution in [-0.4, -0.2) is 58.1 Å². The molecule has 0 aliphatic rings. The van der Waals surface area contributed by atoms with Crippen LogP contribution in [0.3, 0.4) is 0 Å². The molecule has 0 aromatic rings. The Morgan fingerprint density at radius 1 is 0.750 bits per heavy atom. The lowest BCUT2D eigenvalue weighted by molar-refractivity contribution is -0.0224. The van der Waals surface area contributed by atoms with Gasteiger partial charge in [-0.2, -0.15) is 0 Å². The quantitative estimate of drug-likeness (QED) is 0.531. The van der Waals surface area contributed by atoms with Gasteiger partial charge < -0.3 is 28.4 Å². The van der Waals surface area contributed by atoms with E-state index in [0.717, 1.165) is 14.2 Å². The summed E-state index contributed by atoms with van der Waals surface area (Å²) in [4.78, 5) is 32.6. The second-order valence-corrected chi connectivity index (χ2v) is 3.64. The lowest BCUT2D eigenvalue weighted by atomic mass is 10.4. The number of rotatable bonds is 6. The molecule has 0 radical (unpaired) electrons. The van der Waals surface area contributed by atoms with Crippen LogP contribution in [-0.2, 0) is 28.4 Å². The molecule has 0 amide bonds. The third-order valence-corrected chi connectivity index (χ3v) is 1.80. The van der Waals surface area contributed by atoms with Crippen LogP contribution in [0.15, 0.2) is 0 Å². The molecule has 20 heavy (non-hydrogen) atoms. The van der Waals surface area contributed by atoms with Gasteiger partial charge in [0.2, 0.25) is 0 Å². The number of hydrogen-bond donors (Lipinski definition) is 0. The highest BCUT2D eigenvalue weighted by atomic mass is 16.8. The maximum atomic E-state index is 11.2. The van der Waals surface area contributed by atoms with E-state index >= 15 is 0 Å². The summed E-state index contributed by atoms with van der Waals surface area (Å²) in [5.74, 6) is 0. The van der Waals surface area contributed by atoms with Gasteiger partial charge >= 0.3 is 18.5 Å². The van der Waals surface area contributed by atoms with Crippen molar-refractivity contribution < 1.29 is 42.8 Å². The van der Waals surface area contributed by atoms with Crippen molar-refractivity contribution in [2.45, 2.75) is 26.1 Å². The molecule has 0 N–H and O–H groups in total. The van der Waals surface area contributed by atoms with Crippen molar-refractivity contribution in [1.82, 2.24) is 0 Å². The molecule has 0 aromatic carbocycles. The Hall–Kier alpha value is -2.19. The zero-order chi connectivity index (χ0) is 15.5. The van der Waals surface area contributed by atoms with Crippen molar-refractivity contribution in [2.75, 3.05) is 27.4 Å². The highest BCUT2D eigenvalue weighted by molar-refractivity contribution is 5.61. The van der Waals surface area contributed by atoms with Gasteiger partial charge in [0.05, 0.1) is 14.2 Å². The Morgan fingerprint density at radius 3 is 1.40 bits per heavy atom. The second kappa shape index (κ2) is 9.70. The van der Waals surface area contributed by atoms with Gasteiger partial charge in [-0.05, 0) is 13.8 Å². The summed E-state index contributed by atoms with van der Waals surface area (Å²) in [6.07, 6.45) is -4.10. The molecule has 9 nitrogen and oxygen atoms in total. The normalized spacial score (nSPS) is 12.6. The molecular formula is C11H18O9. The molecule has 0 heterocycles. The molecule has 2 unspecified atom stereocenters. The molecule has 0 fully saturated rings. The van der Waals surface area contributed by atoms with Crippen LogP contribution in [0.25, 0.3) is 0 Å². The summed E-state index contributed by atoms with van der Waals surface area (Å²) < 4.78 is 27.2. The molecule has 0 bridgehead atoms. The monoisotopic (exact) mass is 294 g/mol. The van der Waals surface area contributed by atoms with Crippen molar-refractivity contribution in [2.24, 2.45) is 0 Å². The van der Waals surface area contributed by atoms with Crippen molar-refractivity contribution in [1.29, 1.82) is 0 Å². The molecular weight excluding hydrogens is 276 g/mol. The number of hydrogen-bond acceptors (Lipinski definition) is 9. The van der Waals surface area contributed by atoms with E-state index in [2.05, 4.69) is 28.4 Å². The van der Waals surface area contributed by atoms with Gasteiger partial charge in [0.25, 0.3) is 0 Å².